The van der Waals surface area contributed by atoms with Gasteiger partial charge in [0.15, 0.2) is 9.84 Å². The van der Waals surface area contributed by atoms with E-state index < -0.39 is 9.84 Å². The van der Waals surface area contributed by atoms with E-state index in [0.29, 0.717) is 43.3 Å². The molecule has 0 aliphatic carbocycles. The number of aryl methyl sites for hydroxylation is 1. The van der Waals surface area contributed by atoms with Crippen LogP contribution in [0.25, 0.3) is 0 Å². The van der Waals surface area contributed by atoms with Gasteiger partial charge < -0.3 is 9.64 Å². The van der Waals surface area contributed by atoms with E-state index in [1.165, 1.54) is 0 Å². The molecule has 2 aliphatic rings. The number of halogens is 1. The highest BCUT2D eigenvalue weighted by Gasteiger charge is 2.34. The molecule has 1 amide bonds. The maximum absolute atomic E-state index is 12.4. The third-order valence-electron chi connectivity index (χ3n) is 5.32. The second kappa shape index (κ2) is 8.80. The number of carbonyl (C=O) groups excluding carboxylic acids is 1. The lowest BCUT2D eigenvalue weighted by molar-refractivity contribution is -0.133. The molecule has 0 saturated carbocycles. The molecule has 2 aliphatic heterocycles. The minimum absolute atomic E-state index is 0.128. The Hall–Kier alpha value is -1.31. The van der Waals surface area contributed by atoms with Crippen LogP contribution in [-0.4, -0.2) is 74.5 Å². The minimum atomic E-state index is -2.86. The van der Waals surface area contributed by atoms with Gasteiger partial charge in [-0.1, -0.05) is 11.6 Å². The molecule has 0 aromatic heterocycles. The largest absolute Gasteiger partial charge is 0.493 e. The van der Waals surface area contributed by atoms with Gasteiger partial charge in [-0.15, -0.1) is 0 Å². The van der Waals surface area contributed by atoms with Crippen LogP contribution in [0, 0.1) is 6.92 Å². The SMILES string of the molecule is Cc1cc(Cl)ccc1OCCCC(=O)N1CCN(C2CCS(=O)(=O)C2)CC1. The molecule has 1 aromatic carbocycles. The molecule has 2 heterocycles. The van der Waals surface area contributed by atoms with E-state index in [2.05, 4.69) is 4.90 Å². The molecule has 27 heavy (non-hydrogen) atoms. The van der Waals surface area contributed by atoms with Crippen LogP contribution in [0.4, 0.5) is 0 Å². The number of benzene rings is 1. The Balaban J connectivity index is 1.36. The topological polar surface area (TPSA) is 66.9 Å². The van der Waals surface area contributed by atoms with E-state index >= 15 is 0 Å². The number of ether oxygens (including phenoxy) is 1. The maximum atomic E-state index is 12.4. The zero-order chi connectivity index (χ0) is 19.4. The molecule has 0 spiro atoms. The van der Waals surface area contributed by atoms with Crippen LogP contribution in [0.3, 0.4) is 0 Å². The number of piperazine rings is 1. The number of carbonyl (C=O) groups is 1. The van der Waals surface area contributed by atoms with Crippen molar-refractivity contribution in [2.45, 2.75) is 32.2 Å². The van der Waals surface area contributed by atoms with E-state index in [4.69, 9.17) is 16.3 Å². The Labute approximate surface area is 166 Å². The smallest absolute Gasteiger partial charge is 0.222 e. The van der Waals surface area contributed by atoms with Crippen molar-refractivity contribution >= 4 is 27.3 Å². The normalized spacial score (nSPS) is 22.7. The van der Waals surface area contributed by atoms with Gasteiger partial charge in [0.05, 0.1) is 18.1 Å². The summed E-state index contributed by atoms with van der Waals surface area (Å²) in [4.78, 5) is 16.5. The Morgan fingerprint density at radius 3 is 2.63 bits per heavy atom. The standard InChI is InChI=1S/C19H27ClN2O4S/c1-15-13-16(20)4-5-18(15)26-11-2-3-19(23)22-9-7-21(8-10-22)17-6-12-27(24,25)14-17/h4-5,13,17H,2-3,6-12,14H2,1H3. The molecule has 150 valence electrons. The van der Waals surface area contributed by atoms with E-state index in [0.717, 1.165) is 30.8 Å². The fourth-order valence-electron chi connectivity index (χ4n) is 3.74. The van der Waals surface area contributed by atoms with Crippen molar-refractivity contribution in [2.75, 3.05) is 44.3 Å². The molecule has 0 radical (unpaired) electrons. The second-order valence-corrected chi connectivity index (χ2v) is 10.0. The van der Waals surface area contributed by atoms with Crippen LogP contribution < -0.4 is 4.74 Å². The third kappa shape index (κ3) is 5.59. The van der Waals surface area contributed by atoms with E-state index in [-0.39, 0.29) is 17.7 Å². The summed E-state index contributed by atoms with van der Waals surface area (Å²) in [5.41, 5.74) is 0.985. The summed E-state index contributed by atoms with van der Waals surface area (Å²) in [6, 6.07) is 5.63. The van der Waals surface area contributed by atoms with Crippen LogP contribution in [-0.2, 0) is 14.6 Å². The number of hydrogen-bond acceptors (Lipinski definition) is 5. The summed E-state index contributed by atoms with van der Waals surface area (Å²) in [5.74, 6) is 1.50. The van der Waals surface area contributed by atoms with Crippen LogP contribution in [0.1, 0.15) is 24.8 Å². The first-order valence-electron chi connectivity index (χ1n) is 9.45. The lowest BCUT2D eigenvalue weighted by Crippen LogP contribution is -2.52. The van der Waals surface area contributed by atoms with Crippen molar-refractivity contribution in [3.05, 3.63) is 28.8 Å². The molecule has 3 rings (SSSR count). The highest BCUT2D eigenvalue weighted by molar-refractivity contribution is 7.91. The highest BCUT2D eigenvalue weighted by atomic mass is 35.5. The van der Waals surface area contributed by atoms with Crippen LogP contribution in [0.5, 0.6) is 5.75 Å². The summed E-state index contributed by atoms with van der Waals surface area (Å²) >= 11 is 5.93. The van der Waals surface area contributed by atoms with Gasteiger partial charge in [-0.3, -0.25) is 9.69 Å². The molecule has 2 saturated heterocycles. The quantitative estimate of drug-likeness (QED) is 0.667. The summed E-state index contributed by atoms with van der Waals surface area (Å²) in [5, 5.41) is 0.685. The first-order chi connectivity index (χ1) is 12.8. The third-order valence-corrected chi connectivity index (χ3v) is 7.31. The summed E-state index contributed by atoms with van der Waals surface area (Å²) < 4.78 is 29.0. The maximum Gasteiger partial charge on any atom is 0.222 e. The van der Waals surface area contributed by atoms with Crippen molar-refractivity contribution in [3.63, 3.8) is 0 Å². The molecule has 1 aromatic rings. The molecule has 1 atom stereocenters. The average molecular weight is 415 g/mol. The van der Waals surface area contributed by atoms with Crippen LogP contribution in [0.2, 0.25) is 5.02 Å². The zero-order valence-corrected chi connectivity index (χ0v) is 17.3. The van der Waals surface area contributed by atoms with Gasteiger partial charge in [0.25, 0.3) is 0 Å². The number of nitrogens with zero attached hydrogens (tertiary/aromatic N) is 2. The van der Waals surface area contributed by atoms with E-state index in [1.807, 2.05) is 24.0 Å². The number of hydrogen-bond donors (Lipinski definition) is 0. The van der Waals surface area contributed by atoms with E-state index in [9.17, 15) is 13.2 Å². The molecule has 0 N–H and O–H groups in total. The monoisotopic (exact) mass is 414 g/mol. The van der Waals surface area contributed by atoms with Crippen molar-refractivity contribution in [1.82, 2.24) is 9.80 Å². The number of amides is 1. The summed E-state index contributed by atoms with van der Waals surface area (Å²) in [6.07, 6.45) is 1.85. The van der Waals surface area contributed by atoms with Crippen molar-refractivity contribution in [1.29, 1.82) is 0 Å². The second-order valence-electron chi connectivity index (χ2n) is 7.34. The highest BCUT2D eigenvalue weighted by Crippen LogP contribution is 2.22. The fraction of sp³-hybridized carbons (Fsp3) is 0.632. The summed E-state index contributed by atoms with van der Waals surface area (Å²) in [6.45, 7) is 5.30. The lowest BCUT2D eigenvalue weighted by atomic mass is 10.2. The molecule has 1 unspecified atom stereocenters. The van der Waals surface area contributed by atoms with Gasteiger partial charge in [0.1, 0.15) is 5.75 Å². The van der Waals surface area contributed by atoms with Gasteiger partial charge >= 0.3 is 0 Å². The Kier molecular flexibility index (Phi) is 6.65. The Bertz CT molecular complexity index is 776. The molecular formula is C19H27ClN2O4S. The lowest BCUT2D eigenvalue weighted by Gasteiger charge is -2.37. The Morgan fingerprint density at radius 1 is 1.26 bits per heavy atom. The predicted octanol–water partition coefficient (Wildman–Crippen LogP) is 2.14. The van der Waals surface area contributed by atoms with Crippen molar-refractivity contribution < 1.29 is 17.9 Å². The number of sulfone groups is 1. The number of rotatable bonds is 6. The molecular weight excluding hydrogens is 388 g/mol. The van der Waals surface area contributed by atoms with Gasteiger partial charge in [-0.2, -0.15) is 0 Å². The average Bonchev–Trinajstić information content (AvgIpc) is 3.00. The zero-order valence-electron chi connectivity index (χ0n) is 15.7. The summed E-state index contributed by atoms with van der Waals surface area (Å²) in [7, 11) is -2.86. The van der Waals surface area contributed by atoms with Gasteiger partial charge in [0, 0.05) is 43.7 Å². The van der Waals surface area contributed by atoms with Gasteiger partial charge in [0.2, 0.25) is 5.91 Å². The molecule has 2 fully saturated rings. The molecule has 8 heteroatoms. The fourth-order valence-corrected chi connectivity index (χ4v) is 5.73. The first-order valence-corrected chi connectivity index (χ1v) is 11.7. The van der Waals surface area contributed by atoms with Gasteiger partial charge in [-0.05, 0) is 43.5 Å². The molecule has 0 bridgehead atoms. The van der Waals surface area contributed by atoms with Crippen LogP contribution >= 0.6 is 11.6 Å². The first kappa shape index (κ1) is 20.4. The van der Waals surface area contributed by atoms with Gasteiger partial charge in [-0.25, -0.2) is 8.42 Å². The van der Waals surface area contributed by atoms with Crippen LogP contribution in [0.15, 0.2) is 18.2 Å². The predicted molar refractivity (Wildman–Crippen MR) is 106 cm³/mol. The molecule has 6 nitrogen and oxygen atoms in total. The Morgan fingerprint density at radius 2 is 2.00 bits per heavy atom. The van der Waals surface area contributed by atoms with E-state index in [1.54, 1.807) is 6.07 Å². The van der Waals surface area contributed by atoms with Crippen molar-refractivity contribution in [3.8, 4) is 5.75 Å². The minimum Gasteiger partial charge on any atom is -0.493 e. The van der Waals surface area contributed by atoms with Crippen molar-refractivity contribution in [2.24, 2.45) is 0 Å².